The molecule has 0 aliphatic carbocycles. The molecule has 0 spiro atoms. The zero-order chi connectivity index (χ0) is 22.5. The average molecular weight is 422 g/mol. The monoisotopic (exact) mass is 421 g/mol. The van der Waals surface area contributed by atoms with Crippen molar-refractivity contribution in [2.75, 3.05) is 31.5 Å². The van der Waals surface area contributed by atoms with Gasteiger partial charge >= 0.3 is 0 Å². The molecule has 0 atom stereocenters. The van der Waals surface area contributed by atoms with Gasteiger partial charge in [0.25, 0.3) is 11.8 Å². The highest BCUT2D eigenvalue weighted by Crippen LogP contribution is 2.40. The van der Waals surface area contributed by atoms with E-state index >= 15 is 0 Å². The number of hydrogen-bond donors (Lipinski definition) is 3. The van der Waals surface area contributed by atoms with E-state index in [1.165, 1.54) is 0 Å². The summed E-state index contributed by atoms with van der Waals surface area (Å²) in [4.78, 5) is 33.7. The van der Waals surface area contributed by atoms with Crippen molar-refractivity contribution in [3.05, 3.63) is 56.7 Å². The normalized spacial score (nSPS) is 13.8. The van der Waals surface area contributed by atoms with Gasteiger partial charge in [-0.2, -0.15) is 0 Å². The molecule has 9 heteroatoms. The van der Waals surface area contributed by atoms with Gasteiger partial charge in [0.1, 0.15) is 0 Å². The minimum Gasteiger partial charge on any atom is -0.358 e. The third-order valence-electron chi connectivity index (χ3n) is 5.56. The van der Waals surface area contributed by atoms with Crippen LogP contribution in [0, 0.1) is 13.8 Å². The summed E-state index contributed by atoms with van der Waals surface area (Å²) in [6.45, 7) is 11.1. The van der Waals surface area contributed by atoms with Crippen LogP contribution in [0.4, 0.5) is 11.4 Å². The molecule has 0 saturated heterocycles. The molecule has 0 saturated carbocycles. The number of nitrogens with one attached hydrogen (secondary N) is 3. The molecule has 2 aromatic rings. The number of H-pyrrole nitrogens is 1. The highest BCUT2D eigenvalue weighted by Gasteiger charge is 2.27. The van der Waals surface area contributed by atoms with E-state index in [0.29, 0.717) is 40.3 Å². The fourth-order valence-corrected chi connectivity index (χ4v) is 3.86. The van der Waals surface area contributed by atoms with Crippen molar-refractivity contribution >= 4 is 34.8 Å². The van der Waals surface area contributed by atoms with E-state index in [4.69, 9.17) is 5.53 Å². The maximum Gasteiger partial charge on any atom is 0.256 e. The molecule has 162 valence electrons. The van der Waals surface area contributed by atoms with Gasteiger partial charge in [-0.25, -0.2) is 0 Å². The highest BCUT2D eigenvalue weighted by molar-refractivity contribution is 6.36. The minimum atomic E-state index is -0.285. The summed E-state index contributed by atoms with van der Waals surface area (Å²) in [7, 11) is 0. The molecular weight excluding hydrogens is 394 g/mol. The maximum atomic E-state index is 12.8. The first kappa shape index (κ1) is 22.1. The Morgan fingerprint density at radius 1 is 1.29 bits per heavy atom. The molecule has 1 aromatic heterocycles. The van der Waals surface area contributed by atoms with E-state index < -0.39 is 0 Å². The average Bonchev–Trinajstić information content (AvgIpc) is 3.21. The van der Waals surface area contributed by atoms with Crippen LogP contribution in [-0.4, -0.2) is 47.9 Å². The van der Waals surface area contributed by atoms with Crippen LogP contribution in [0.5, 0.6) is 0 Å². The van der Waals surface area contributed by atoms with Crippen LogP contribution < -0.4 is 10.6 Å². The Labute approximate surface area is 181 Å². The molecule has 31 heavy (non-hydrogen) atoms. The standard InChI is InChI=1S/C22H27N7O2/c1-5-29(6-2)11-10-24-22(31)19-13(3)18(25-14(19)4)12-15-20-16(26-21(15)30)8-7-9-17(20)27-28-23/h7-9,12,25H,5-6,10-11H2,1-4H3,(H,24,31)(H,26,30)/b15-12-. The van der Waals surface area contributed by atoms with E-state index in [0.717, 1.165) is 30.9 Å². The van der Waals surface area contributed by atoms with Gasteiger partial charge in [-0.3, -0.25) is 9.59 Å². The van der Waals surface area contributed by atoms with Gasteiger partial charge < -0.3 is 20.5 Å². The molecule has 0 bridgehead atoms. The second-order valence-electron chi connectivity index (χ2n) is 7.35. The first-order valence-electron chi connectivity index (χ1n) is 10.3. The van der Waals surface area contributed by atoms with Crippen LogP contribution in [0.25, 0.3) is 22.1 Å². The Balaban J connectivity index is 1.90. The van der Waals surface area contributed by atoms with Gasteiger partial charge in [0.05, 0.1) is 11.1 Å². The number of aryl methyl sites for hydroxylation is 1. The Morgan fingerprint density at radius 2 is 2.03 bits per heavy atom. The largest absolute Gasteiger partial charge is 0.358 e. The van der Waals surface area contributed by atoms with Gasteiger partial charge in [-0.15, -0.1) is 0 Å². The highest BCUT2D eigenvalue weighted by atomic mass is 16.2. The second kappa shape index (κ2) is 9.51. The Bertz CT molecular complexity index is 1090. The summed E-state index contributed by atoms with van der Waals surface area (Å²) in [5.41, 5.74) is 13.5. The molecule has 3 rings (SSSR count). The van der Waals surface area contributed by atoms with Crippen LogP contribution >= 0.6 is 0 Å². The van der Waals surface area contributed by atoms with Crippen LogP contribution in [0.15, 0.2) is 23.3 Å². The number of likely N-dealkylation sites (N-methyl/N-ethyl adjacent to an activating group) is 1. The maximum absolute atomic E-state index is 12.8. The summed E-state index contributed by atoms with van der Waals surface area (Å²) in [5.74, 6) is -0.429. The first-order valence-corrected chi connectivity index (χ1v) is 10.3. The van der Waals surface area contributed by atoms with Gasteiger partial charge in [0.15, 0.2) is 0 Å². The predicted molar refractivity (Wildman–Crippen MR) is 122 cm³/mol. The quantitative estimate of drug-likeness (QED) is 0.257. The molecular formula is C22H27N7O2. The zero-order valence-corrected chi connectivity index (χ0v) is 18.2. The Kier molecular flexibility index (Phi) is 6.79. The van der Waals surface area contributed by atoms with Crippen molar-refractivity contribution in [3.63, 3.8) is 0 Å². The van der Waals surface area contributed by atoms with E-state index in [2.05, 4.69) is 44.4 Å². The topological polar surface area (TPSA) is 126 Å². The number of carbonyl (C=O) groups is 2. The van der Waals surface area contributed by atoms with Gasteiger partial charge in [0.2, 0.25) is 0 Å². The first-order chi connectivity index (χ1) is 14.9. The van der Waals surface area contributed by atoms with Crippen LogP contribution in [0.1, 0.15) is 46.7 Å². The van der Waals surface area contributed by atoms with Crippen LogP contribution in [0.3, 0.4) is 0 Å². The zero-order valence-electron chi connectivity index (χ0n) is 18.2. The molecule has 9 nitrogen and oxygen atoms in total. The van der Waals surface area contributed by atoms with Crippen LogP contribution in [-0.2, 0) is 4.79 Å². The molecule has 3 N–H and O–H groups in total. The van der Waals surface area contributed by atoms with Gasteiger partial charge in [-0.05, 0) is 50.2 Å². The molecule has 1 aliphatic rings. The number of carbonyl (C=O) groups excluding carboxylic acids is 2. The summed E-state index contributed by atoms with van der Waals surface area (Å²) < 4.78 is 0. The van der Waals surface area contributed by atoms with E-state index in [1.807, 2.05) is 13.8 Å². The molecule has 1 aromatic carbocycles. The number of rotatable bonds is 8. The van der Waals surface area contributed by atoms with Crippen molar-refractivity contribution < 1.29 is 9.59 Å². The number of nitrogens with zero attached hydrogens (tertiary/aromatic N) is 4. The van der Waals surface area contributed by atoms with Gasteiger partial charge in [0, 0.05) is 46.3 Å². The van der Waals surface area contributed by atoms with Crippen molar-refractivity contribution in [1.29, 1.82) is 0 Å². The molecule has 1 aliphatic heterocycles. The number of anilines is 1. The SMILES string of the molecule is CCN(CC)CCNC(=O)c1c(C)[nH]c(/C=C2\C(=O)Nc3cccc(N=[N+]=[N-])c32)c1C. The number of azide groups is 1. The summed E-state index contributed by atoms with van der Waals surface area (Å²) >= 11 is 0. The molecule has 0 unspecified atom stereocenters. The Morgan fingerprint density at radius 3 is 2.71 bits per heavy atom. The second-order valence-corrected chi connectivity index (χ2v) is 7.35. The summed E-state index contributed by atoms with van der Waals surface area (Å²) in [5, 5.41) is 9.48. The predicted octanol–water partition coefficient (Wildman–Crippen LogP) is 4.14. The molecule has 0 radical (unpaired) electrons. The number of aromatic amines is 1. The van der Waals surface area contributed by atoms with Crippen molar-refractivity contribution in [2.45, 2.75) is 27.7 Å². The summed E-state index contributed by atoms with van der Waals surface area (Å²) in [6.07, 6.45) is 1.70. The van der Waals surface area contributed by atoms with Crippen molar-refractivity contribution in [2.24, 2.45) is 5.11 Å². The fourth-order valence-electron chi connectivity index (χ4n) is 3.86. The lowest BCUT2D eigenvalue weighted by molar-refractivity contribution is -0.110. The van der Waals surface area contributed by atoms with E-state index in [1.54, 1.807) is 24.3 Å². The number of amides is 2. The molecule has 2 heterocycles. The minimum absolute atomic E-state index is 0.144. The lowest BCUT2D eigenvalue weighted by atomic mass is 10.0. The number of benzene rings is 1. The lowest BCUT2D eigenvalue weighted by Crippen LogP contribution is -2.35. The third-order valence-corrected chi connectivity index (χ3v) is 5.56. The number of hydrogen-bond acceptors (Lipinski definition) is 4. The van der Waals surface area contributed by atoms with E-state index in [9.17, 15) is 9.59 Å². The number of fused-ring (bicyclic) bond motifs is 1. The van der Waals surface area contributed by atoms with Gasteiger partial charge in [-0.1, -0.05) is 31.1 Å². The molecule has 0 fully saturated rings. The fraction of sp³-hybridized carbons (Fsp3) is 0.364. The number of aromatic nitrogens is 1. The molecule has 2 amide bonds. The Hall–Kier alpha value is -3.55. The van der Waals surface area contributed by atoms with E-state index in [-0.39, 0.29) is 11.8 Å². The third kappa shape index (κ3) is 4.47. The van der Waals surface area contributed by atoms with Crippen molar-refractivity contribution in [1.82, 2.24) is 15.2 Å². The summed E-state index contributed by atoms with van der Waals surface area (Å²) in [6, 6.07) is 5.14. The van der Waals surface area contributed by atoms with Crippen molar-refractivity contribution in [3.8, 4) is 0 Å². The lowest BCUT2D eigenvalue weighted by Gasteiger charge is -2.18. The smallest absolute Gasteiger partial charge is 0.256 e. The van der Waals surface area contributed by atoms with Crippen LogP contribution in [0.2, 0.25) is 0 Å².